The van der Waals surface area contributed by atoms with Crippen LogP contribution in [0.15, 0.2) is 36.5 Å². The van der Waals surface area contributed by atoms with Crippen LogP contribution in [0, 0.1) is 20.8 Å². The summed E-state index contributed by atoms with van der Waals surface area (Å²) >= 11 is 0. The predicted molar refractivity (Wildman–Crippen MR) is 92.3 cm³/mol. The van der Waals surface area contributed by atoms with Gasteiger partial charge in [-0.05, 0) is 55.7 Å². The number of hydrogen-bond donors (Lipinski definition) is 1. The number of rotatable bonds is 3. The molecule has 0 aliphatic carbocycles. The van der Waals surface area contributed by atoms with Gasteiger partial charge in [-0.3, -0.25) is 0 Å². The molecule has 2 aromatic heterocycles. The highest BCUT2D eigenvalue weighted by molar-refractivity contribution is 5.68. The first-order chi connectivity index (χ1) is 10.5. The molecule has 0 spiro atoms. The minimum Gasteiger partial charge on any atom is -0.330 e. The van der Waals surface area contributed by atoms with Crippen molar-refractivity contribution in [3.05, 3.63) is 58.9 Å². The summed E-state index contributed by atoms with van der Waals surface area (Å²) in [6.07, 6.45) is 2.10. The lowest BCUT2D eigenvalue weighted by atomic mass is 9.99. The van der Waals surface area contributed by atoms with E-state index in [1.54, 1.807) is 0 Å². The number of fused-ring (bicyclic) bond motifs is 1. The van der Waals surface area contributed by atoms with E-state index < -0.39 is 0 Å². The number of nitrogens with zero attached hydrogens (tertiary/aromatic N) is 2. The maximum atomic E-state index is 5.94. The molecule has 0 aliphatic heterocycles. The molecule has 3 aromatic rings. The van der Waals surface area contributed by atoms with Gasteiger partial charge < -0.3 is 10.1 Å². The second kappa shape index (κ2) is 5.58. The van der Waals surface area contributed by atoms with Gasteiger partial charge in [0.1, 0.15) is 5.65 Å². The first kappa shape index (κ1) is 14.8. The van der Waals surface area contributed by atoms with Crippen LogP contribution in [0.5, 0.6) is 0 Å². The smallest absolute Gasteiger partial charge is 0.137 e. The molecule has 0 saturated heterocycles. The van der Waals surface area contributed by atoms with E-state index in [1.807, 2.05) is 0 Å². The first-order valence-corrected chi connectivity index (χ1v) is 7.77. The van der Waals surface area contributed by atoms with E-state index in [2.05, 4.69) is 68.6 Å². The van der Waals surface area contributed by atoms with Gasteiger partial charge in [0.25, 0.3) is 0 Å². The van der Waals surface area contributed by atoms with E-state index in [0.29, 0.717) is 6.54 Å². The van der Waals surface area contributed by atoms with E-state index >= 15 is 0 Å². The Morgan fingerprint density at radius 3 is 2.55 bits per heavy atom. The Morgan fingerprint density at radius 1 is 1.09 bits per heavy atom. The van der Waals surface area contributed by atoms with Crippen LogP contribution >= 0.6 is 0 Å². The molecule has 3 rings (SSSR count). The maximum absolute atomic E-state index is 5.94. The minimum atomic E-state index is 0.259. The van der Waals surface area contributed by atoms with Crippen molar-refractivity contribution in [2.45, 2.75) is 33.6 Å². The molecule has 0 amide bonds. The third kappa shape index (κ3) is 2.42. The molecule has 2 heterocycles. The summed E-state index contributed by atoms with van der Waals surface area (Å²) in [5.74, 6) is 0.259. The van der Waals surface area contributed by atoms with Crippen molar-refractivity contribution in [2.24, 2.45) is 5.73 Å². The Morgan fingerprint density at radius 2 is 1.86 bits per heavy atom. The summed E-state index contributed by atoms with van der Waals surface area (Å²) in [5, 5.41) is 0. The zero-order chi connectivity index (χ0) is 15.9. The Balaban J connectivity index is 2.29. The molecule has 2 N–H and O–H groups in total. The summed E-state index contributed by atoms with van der Waals surface area (Å²) in [4.78, 5) is 4.89. The lowest BCUT2D eigenvalue weighted by Crippen LogP contribution is -2.12. The van der Waals surface area contributed by atoms with Crippen molar-refractivity contribution in [2.75, 3.05) is 6.54 Å². The number of benzene rings is 1. The molecule has 1 atom stereocenters. The molecule has 1 unspecified atom stereocenters. The molecular formula is C19H23N3. The summed E-state index contributed by atoms with van der Waals surface area (Å²) in [5.41, 5.74) is 14.2. The molecule has 0 bridgehead atoms. The molecular weight excluding hydrogens is 270 g/mol. The SMILES string of the molecule is Cc1ccn2c(C(C)CN)c(-c3ccc(C)c(C)c3)nc2c1. The van der Waals surface area contributed by atoms with Gasteiger partial charge in [0, 0.05) is 24.2 Å². The molecule has 0 saturated carbocycles. The van der Waals surface area contributed by atoms with Gasteiger partial charge in [0.05, 0.1) is 11.4 Å². The van der Waals surface area contributed by atoms with Crippen LogP contribution in [-0.2, 0) is 0 Å². The van der Waals surface area contributed by atoms with Crippen molar-refractivity contribution < 1.29 is 0 Å². The Kier molecular flexibility index (Phi) is 3.75. The van der Waals surface area contributed by atoms with Gasteiger partial charge in [-0.15, -0.1) is 0 Å². The van der Waals surface area contributed by atoms with E-state index in [0.717, 1.165) is 11.3 Å². The molecule has 0 radical (unpaired) electrons. The summed E-state index contributed by atoms with van der Waals surface area (Å²) in [6, 6.07) is 10.8. The average Bonchev–Trinajstić information content (AvgIpc) is 2.87. The molecule has 114 valence electrons. The van der Waals surface area contributed by atoms with Crippen LogP contribution in [0.2, 0.25) is 0 Å². The largest absolute Gasteiger partial charge is 0.330 e. The van der Waals surface area contributed by atoms with Gasteiger partial charge >= 0.3 is 0 Å². The third-order valence-electron chi connectivity index (χ3n) is 4.42. The Bertz CT molecular complexity index is 830. The molecule has 0 fully saturated rings. The number of aromatic nitrogens is 2. The number of pyridine rings is 1. The highest BCUT2D eigenvalue weighted by Gasteiger charge is 2.18. The second-order valence-corrected chi connectivity index (χ2v) is 6.21. The molecule has 3 nitrogen and oxygen atoms in total. The normalized spacial score (nSPS) is 12.8. The van der Waals surface area contributed by atoms with Crippen LogP contribution in [0.1, 0.15) is 35.2 Å². The van der Waals surface area contributed by atoms with E-state index in [-0.39, 0.29) is 5.92 Å². The van der Waals surface area contributed by atoms with Gasteiger partial charge in [-0.1, -0.05) is 19.1 Å². The van der Waals surface area contributed by atoms with E-state index in [1.165, 1.54) is 27.9 Å². The third-order valence-corrected chi connectivity index (χ3v) is 4.42. The molecule has 3 heteroatoms. The summed E-state index contributed by atoms with van der Waals surface area (Å²) < 4.78 is 2.18. The van der Waals surface area contributed by atoms with Gasteiger partial charge in [-0.25, -0.2) is 4.98 Å². The standard InChI is InChI=1S/C19H23N3/c1-12-7-8-22-17(9-12)21-18(19(22)15(4)11-20)16-6-5-13(2)14(3)10-16/h5-10,15H,11,20H2,1-4H3. The second-order valence-electron chi connectivity index (χ2n) is 6.21. The highest BCUT2D eigenvalue weighted by atomic mass is 15.0. The van der Waals surface area contributed by atoms with Crippen LogP contribution in [0.25, 0.3) is 16.9 Å². The monoisotopic (exact) mass is 293 g/mol. The van der Waals surface area contributed by atoms with Crippen LogP contribution in [-0.4, -0.2) is 15.9 Å². The Labute approximate surface area is 131 Å². The van der Waals surface area contributed by atoms with E-state index in [9.17, 15) is 0 Å². The summed E-state index contributed by atoms with van der Waals surface area (Å²) in [6.45, 7) is 9.14. The number of hydrogen-bond acceptors (Lipinski definition) is 2. The lowest BCUT2D eigenvalue weighted by molar-refractivity contribution is 0.738. The molecule has 22 heavy (non-hydrogen) atoms. The van der Waals surface area contributed by atoms with Crippen molar-refractivity contribution in [1.82, 2.24) is 9.38 Å². The fourth-order valence-electron chi connectivity index (χ4n) is 2.85. The molecule has 0 aliphatic rings. The minimum absolute atomic E-state index is 0.259. The van der Waals surface area contributed by atoms with Crippen molar-refractivity contribution in [3.8, 4) is 11.3 Å². The van der Waals surface area contributed by atoms with Crippen molar-refractivity contribution in [1.29, 1.82) is 0 Å². The number of nitrogens with two attached hydrogens (primary N) is 1. The summed E-state index contributed by atoms with van der Waals surface area (Å²) in [7, 11) is 0. The van der Waals surface area contributed by atoms with Gasteiger partial charge in [0.15, 0.2) is 0 Å². The lowest BCUT2D eigenvalue weighted by Gasteiger charge is -2.12. The fraction of sp³-hybridized carbons (Fsp3) is 0.316. The van der Waals surface area contributed by atoms with Crippen LogP contribution in [0.3, 0.4) is 0 Å². The van der Waals surface area contributed by atoms with Crippen molar-refractivity contribution in [3.63, 3.8) is 0 Å². The zero-order valence-electron chi connectivity index (χ0n) is 13.7. The van der Waals surface area contributed by atoms with Crippen molar-refractivity contribution >= 4 is 5.65 Å². The Hall–Kier alpha value is -2.13. The molecule has 1 aromatic carbocycles. The predicted octanol–water partition coefficient (Wildman–Crippen LogP) is 3.99. The highest BCUT2D eigenvalue weighted by Crippen LogP contribution is 2.31. The fourth-order valence-corrected chi connectivity index (χ4v) is 2.85. The maximum Gasteiger partial charge on any atom is 0.137 e. The first-order valence-electron chi connectivity index (χ1n) is 7.77. The topological polar surface area (TPSA) is 43.3 Å². The van der Waals surface area contributed by atoms with Crippen LogP contribution < -0.4 is 5.73 Å². The average molecular weight is 293 g/mol. The number of aryl methyl sites for hydroxylation is 3. The van der Waals surface area contributed by atoms with Gasteiger partial charge in [0.2, 0.25) is 0 Å². The van der Waals surface area contributed by atoms with E-state index in [4.69, 9.17) is 10.7 Å². The zero-order valence-corrected chi connectivity index (χ0v) is 13.7. The quantitative estimate of drug-likeness (QED) is 0.793. The van der Waals surface area contributed by atoms with Gasteiger partial charge in [-0.2, -0.15) is 0 Å². The van der Waals surface area contributed by atoms with Crippen LogP contribution in [0.4, 0.5) is 0 Å². The number of imidazole rings is 1.